The highest BCUT2D eigenvalue weighted by molar-refractivity contribution is 5.63. The fraction of sp³-hybridized carbons (Fsp3) is 0.0588. The molecule has 0 bridgehead atoms. The Labute approximate surface area is 127 Å². The lowest BCUT2D eigenvalue weighted by Crippen LogP contribution is -1.95. The number of hydrogen-bond acceptors (Lipinski definition) is 4. The van der Waals surface area contributed by atoms with Crippen LogP contribution in [0.25, 0.3) is 28.4 Å². The molecule has 0 radical (unpaired) electrons. The SMILES string of the molecule is Cc1ccc(-c2ccnc3nc(-c4ccncc4)nn23)cc1. The molecular weight excluding hydrogens is 274 g/mol. The third-order valence-corrected chi connectivity index (χ3v) is 3.53. The Balaban J connectivity index is 1.90. The highest BCUT2D eigenvalue weighted by Crippen LogP contribution is 2.21. The molecule has 106 valence electrons. The van der Waals surface area contributed by atoms with Crippen LogP contribution in [0.1, 0.15) is 5.56 Å². The molecular formula is C17H13N5. The molecule has 1 aromatic carbocycles. The normalized spacial score (nSPS) is 11.0. The smallest absolute Gasteiger partial charge is 0.253 e. The molecule has 4 aromatic rings. The van der Waals surface area contributed by atoms with Crippen molar-refractivity contribution in [3.05, 3.63) is 66.6 Å². The molecule has 0 saturated carbocycles. The van der Waals surface area contributed by atoms with Crippen LogP contribution in [0.3, 0.4) is 0 Å². The van der Waals surface area contributed by atoms with Gasteiger partial charge in [0.05, 0.1) is 5.69 Å². The zero-order valence-electron chi connectivity index (χ0n) is 12.0. The molecule has 5 nitrogen and oxygen atoms in total. The molecule has 22 heavy (non-hydrogen) atoms. The molecule has 3 aromatic heterocycles. The summed E-state index contributed by atoms with van der Waals surface area (Å²) in [5.41, 5.74) is 4.21. The van der Waals surface area contributed by atoms with E-state index in [1.807, 2.05) is 18.2 Å². The molecule has 3 heterocycles. The standard InChI is InChI=1S/C17H13N5/c1-12-2-4-13(5-3-12)15-8-11-19-17-20-16(21-22(15)17)14-6-9-18-10-7-14/h2-11H,1H3. The van der Waals surface area contributed by atoms with E-state index in [4.69, 9.17) is 0 Å². The van der Waals surface area contributed by atoms with Crippen LogP contribution in [0.15, 0.2) is 61.1 Å². The van der Waals surface area contributed by atoms with Gasteiger partial charge in [0.2, 0.25) is 0 Å². The maximum Gasteiger partial charge on any atom is 0.253 e. The van der Waals surface area contributed by atoms with E-state index in [2.05, 4.69) is 51.2 Å². The topological polar surface area (TPSA) is 56.0 Å². The van der Waals surface area contributed by atoms with Gasteiger partial charge in [-0.2, -0.15) is 9.50 Å². The molecule has 0 spiro atoms. The summed E-state index contributed by atoms with van der Waals surface area (Å²) in [7, 11) is 0. The number of nitrogens with zero attached hydrogens (tertiary/aromatic N) is 5. The molecule has 0 saturated heterocycles. The Morgan fingerprint density at radius 2 is 1.59 bits per heavy atom. The third kappa shape index (κ3) is 2.13. The van der Waals surface area contributed by atoms with E-state index in [1.54, 1.807) is 23.1 Å². The highest BCUT2D eigenvalue weighted by atomic mass is 15.3. The molecule has 0 fully saturated rings. The Morgan fingerprint density at radius 1 is 0.818 bits per heavy atom. The summed E-state index contributed by atoms with van der Waals surface area (Å²) in [6, 6.07) is 14.1. The van der Waals surface area contributed by atoms with Gasteiger partial charge in [-0.3, -0.25) is 4.98 Å². The first-order chi connectivity index (χ1) is 10.8. The van der Waals surface area contributed by atoms with E-state index in [0.29, 0.717) is 11.6 Å². The molecule has 4 rings (SSSR count). The van der Waals surface area contributed by atoms with Crippen molar-refractivity contribution in [2.75, 3.05) is 0 Å². The zero-order chi connectivity index (χ0) is 14.9. The minimum absolute atomic E-state index is 0.588. The quantitative estimate of drug-likeness (QED) is 0.568. The second-order valence-electron chi connectivity index (χ2n) is 5.08. The number of aromatic nitrogens is 5. The van der Waals surface area contributed by atoms with Gasteiger partial charge in [0.1, 0.15) is 0 Å². The molecule has 0 aliphatic rings. The largest absolute Gasteiger partial charge is 0.265 e. The number of fused-ring (bicyclic) bond motifs is 1. The van der Waals surface area contributed by atoms with E-state index < -0.39 is 0 Å². The Morgan fingerprint density at radius 3 is 2.36 bits per heavy atom. The number of benzene rings is 1. The summed E-state index contributed by atoms with van der Waals surface area (Å²) in [4.78, 5) is 12.8. The third-order valence-electron chi connectivity index (χ3n) is 3.53. The summed E-state index contributed by atoms with van der Waals surface area (Å²) >= 11 is 0. The maximum absolute atomic E-state index is 4.60. The second-order valence-corrected chi connectivity index (χ2v) is 5.08. The van der Waals surface area contributed by atoms with Crippen LogP contribution >= 0.6 is 0 Å². The van der Waals surface area contributed by atoms with Crippen LogP contribution in [0.2, 0.25) is 0 Å². The molecule has 0 unspecified atom stereocenters. The van der Waals surface area contributed by atoms with Crippen LogP contribution < -0.4 is 0 Å². The molecule has 0 atom stereocenters. The predicted octanol–water partition coefficient (Wildman–Crippen LogP) is 3.16. The summed E-state index contributed by atoms with van der Waals surface area (Å²) in [6.07, 6.45) is 5.22. The van der Waals surface area contributed by atoms with Gasteiger partial charge >= 0.3 is 0 Å². The summed E-state index contributed by atoms with van der Waals surface area (Å²) in [6.45, 7) is 2.07. The number of hydrogen-bond donors (Lipinski definition) is 0. The van der Waals surface area contributed by atoms with Crippen LogP contribution in [0.5, 0.6) is 0 Å². The van der Waals surface area contributed by atoms with E-state index in [1.165, 1.54) is 5.56 Å². The lowest BCUT2D eigenvalue weighted by Gasteiger charge is -2.03. The van der Waals surface area contributed by atoms with E-state index in [9.17, 15) is 0 Å². The van der Waals surface area contributed by atoms with Crippen molar-refractivity contribution in [1.82, 2.24) is 24.6 Å². The minimum Gasteiger partial charge on any atom is -0.265 e. The van der Waals surface area contributed by atoms with Crippen LogP contribution in [-0.4, -0.2) is 24.6 Å². The van der Waals surface area contributed by atoms with Gasteiger partial charge in [-0.25, -0.2) is 4.98 Å². The first-order valence-electron chi connectivity index (χ1n) is 7.00. The Bertz CT molecular complexity index is 926. The van der Waals surface area contributed by atoms with Crippen molar-refractivity contribution >= 4 is 5.78 Å². The molecule has 0 amide bonds. The first kappa shape index (κ1) is 12.6. The van der Waals surface area contributed by atoms with E-state index >= 15 is 0 Å². The summed E-state index contributed by atoms with van der Waals surface area (Å²) in [5.74, 6) is 1.24. The lowest BCUT2D eigenvalue weighted by atomic mass is 10.1. The van der Waals surface area contributed by atoms with Gasteiger partial charge in [0.25, 0.3) is 5.78 Å². The summed E-state index contributed by atoms with van der Waals surface area (Å²) < 4.78 is 1.78. The lowest BCUT2D eigenvalue weighted by molar-refractivity contribution is 0.951. The average molecular weight is 287 g/mol. The van der Waals surface area contributed by atoms with Gasteiger partial charge in [0.15, 0.2) is 5.82 Å². The van der Waals surface area contributed by atoms with Crippen molar-refractivity contribution < 1.29 is 0 Å². The molecule has 0 N–H and O–H groups in total. The predicted molar refractivity (Wildman–Crippen MR) is 84.2 cm³/mol. The van der Waals surface area contributed by atoms with Crippen molar-refractivity contribution in [1.29, 1.82) is 0 Å². The van der Waals surface area contributed by atoms with Gasteiger partial charge < -0.3 is 0 Å². The molecule has 5 heteroatoms. The van der Waals surface area contributed by atoms with Gasteiger partial charge in [-0.15, -0.1) is 5.10 Å². The highest BCUT2D eigenvalue weighted by Gasteiger charge is 2.11. The number of rotatable bonds is 2. The van der Waals surface area contributed by atoms with Crippen molar-refractivity contribution in [2.45, 2.75) is 6.92 Å². The fourth-order valence-corrected chi connectivity index (χ4v) is 2.36. The molecule has 0 aliphatic carbocycles. The van der Waals surface area contributed by atoms with Crippen LogP contribution in [0.4, 0.5) is 0 Å². The monoisotopic (exact) mass is 287 g/mol. The van der Waals surface area contributed by atoms with Crippen molar-refractivity contribution in [3.63, 3.8) is 0 Å². The zero-order valence-corrected chi connectivity index (χ0v) is 12.0. The average Bonchev–Trinajstić information content (AvgIpc) is 3.01. The van der Waals surface area contributed by atoms with E-state index in [0.717, 1.165) is 16.8 Å². The second kappa shape index (κ2) is 5.04. The van der Waals surface area contributed by atoms with Crippen LogP contribution in [-0.2, 0) is 0 Å². The Hall–Kier alpha value is -3.08. The first-order valence-corrected chi connectivity index (χ1v) is 7.00. The maximum atomic E-state index is 4.60. The van der Waals surface area contributed by atoms with Crippen molar-refractivity contribution in [2.24, 2.45) is 0 Å². The van der Waals surface area contributed by atoms with Crippen molar-refractivity contribution in [3.8, 4) is 22.6 Å². The minimum atomic E-state index is 0.588. The molecule has 0 aliphatic heterocycles. The van der Waals surface area contributed by atoms with Gasteiger partial charge in [-0.1, -0.05) is 29.8 Å². The fourth-order valence-electron chi connectivity index (χ4n) is 2.36. The van der Waals surface area contributed by atoms with Gasteiger partial charge in [-0.05, 0) is 25.1 Å². The van der Waals surface area contributed by atoms with E-state index in [-0.39, 0.29) is 0 Å². The Kier molecular flexibility index (Phi) is 2.89. The summed E-state index contributed by atoms with van der Waals surface area (Å²) in [5, 5.41) is 4.60. The number of aryl methyl sites for hydroxylation is 1. The van der Waals surface area contributed by atoms with Crippen LogP contribution in [0, 0.1) is 6.92 Å². The number of pyridine rings is 1. The van der Waals surface area contributed by atoms with Gasteiger partial charge in [0, 0.05) is 29.7 Å².